The van der Waals surface area contributed by atoms with E-state index in [0.29, 0.717) is 0 Å². The first kappa shape index (κ1) is 14.2. The van der Waals surface area contributed by atoms with Crippen molar-refractivity contribution in [1.29, 1.82) is 0 Å². The van der Waals surface area contributed by atoms with Crippen molar-refractivity contribution in [2.24, 2.45) is 0 Å². The summed E-state index contributed by atoms with van der Waals surface area (Å²) in [5, 5.41) is 11.5. The number of nitrogens with zero attached hydrogens (tertiary/aromatic N) is 5. The Labute approximate surface area is 124 Å². The third-order valence-corrected chi connectivity index (χ3v) is 3.68. The van der Waals surface area contributed by atoms with Crippen molar-refractivity contribution in [2.45, 2.75) is 32.4 Å². The monoisotopic (exact) mass is 290 g/mol. The highest BCUT2D eigenvalue weighted by molar-refractivity contribution is 4.96. The van der Waals surface area contributed by atoms with Crippen LogP contribution in [0.1, 0.15) is 31.1 Å². The maximum atomic E-state index is 5.81. The van der Waals surface area contributed by atoms with Gasteiger partial charge in [0.25, 0.3) is 0 Å². The highest BCUT2D eigenvalue weighted by atomic mass is 16.5. The molecule has 1 saturated heterocycles. The number of aryl methyl sites for hydroxylation is 1. The molecule has 1 atom stereocenters. The first-order chi connectivity index (χ1) is 10.3. The Kier molecular flexibility index (Phi) is 4.62. The minimum absolute atomic E-state index is 0.0294. The van der Waals surface area contributed by atoms with E-state index in [9.17, 15) is 0 Å². The molecule has 0 bridgehead atoms. The Morgan fingerprint density at radius 2 is 2.38 bits per heavy atom. The molecule has 1 aliphatic heterocycles. The molecule has 1 fully saturated rings. The summed E-state index contributed by atoms with van der Waals surface area (Å²) in [6.07, 6.45) is 5.77. The zero-order valence-electron chi connectivity index (χ0n) is 12.4. The van der Waals surface area contributed by atoms with Crippen molar-refractivity contribution >= 4 is 0 Å². The molecule has 2 aromatic heterocycles. The molecule has 2 aromatic rings. The second-order valence-electron chi connectivity index (χ2n) is 5.32. The lowest BCUT2D eigenvalue weighted by Gasteiger charge is -2.31. The summed E-state index contributed by atoms with van der Waals surface area (Å²) < 4.78 is 7.77. The number of aromatic amines is 1. The van der Waals surface area contributed by atoms with Crippen LogP contribution in [-0.2, 0) is 17.7 Å². The SMILES string of the molecule is CCCc1nc([C@@H]2CN(CCn3cccn3)CCO2)n[nH]1. The van der Waals surface area contributed by atoms with Gasteiger partial charge in [-0.3, -0.25) is 14.7 Å². The molecule has 3 rings (SSSR count). The lowest BCUT2D eigenvalue weighted by atomic mass is 10.2. The van der Waals surface area contributed by atoms with E-state index in [-0.39, 0.29) is 6.10 Å². The molecule has 0 saturated carbocycles. The van der Waals surface area contributed by atoms with E-state index < -0.39 is 0 Å². The highest BCUT2D eigenvalue weighted by Gasteiger charge is 2.25. The molecule has 0 aliphatic carbocycles. The number of aromatic nitrogens is 5. The number of rotatable bonds is 6. The van der Waals surface area contributed by atoms with Crippen LogP contribution in [0.25, 0.3) is 0 Å². The first-order valence-corrected chi connectivity index (χ1v) is 7.57. The second kappa shape index (κ2) is 6.82. The van der Waals surface area contributed by atoms with E-state index in [1.165, 1.54) is 0 Å². The molecule has 0 unspecified atom stereocenters. The molecule has 0 spiro atoms. The van der Waals surface area contributed by atoms with Gasteiger partial charge in [-0.25, -0.2) is 4.98 Å². The van der Waals surface area contributed by atoms with Crippen molar-refractivity contribution in [2.75, 3.05) is 26.2 Å². The predicted molar refractivity (Wildman–Crippen MR) is 77.7 cm³/mol. The molecule has 0 amide bonds. The second-order valence-corrected chi connectivity index (χ2v) is 5.32. The van der Waals surface area contributed by atoms with E-state index in [2.05, 4.69) is 32.1 Å². The fraction of sp³-hybridized carbons (Fsp3) is 0.643. The van der Waals surface area contributed by atoms with Crippen LogP contribution >= 0.6 is 0 Å². The Bertz CT molecular complexity index is 537. The summed E-state index contributed by atoms with van der Waals surface area (Å²) in [5.74, 6) is 1.73. The van der Waals surface area contributed by atoms with Crippen LogP contribution in [0.4, 0.5) is 0 Å². The van der Waals surface area contributed by atoms with Gasteiger partial charge < -0.3 is 4.74 Å². The number of nitrogens with one attached hydrogen (secondary N) is 1. The fourth-order valence-electron chi connectivity index (χ4n) is 2.54. The molecule has 0 radical (unpaired) electrons. The lowest BCUT2D eigenvalue weighted by molar-refractivity contribution is -0.0352. The molecule has 3 heterocycles. The lowest BCUT2D eigenvalue weighted by Crippen LogP contribution is -2.40. The van der Waals surface area contributed by atoms with Gasteiger partial charge in [0.15, 0.2) is 5.82 Å². The van der Waals surface area contributed by atoms with Gasteiger partial charge in [-0.2, -0.15) is 10.2 Å². The van der Waals surface area contributed by atoms with Crippen molar-refractivity contribution in [3.8, 4) is 0 Å². The van der Waals surface area contributed by atoms with Crippen molar-refractivity contribution < 1.29 is 4.74 Å². The number of hydrogen-bond acceptors (Lipinski definition) is 5. The normalized spacial score (nSPS) is 20.0. The number of H-pyrrole nitrogens is 1. The van der Waals surface area contributed by atoms with Crippen LogP contribution in [0.15, 0.2) is 18.5 Å². The smallest absolute Gasteiger partial charge is 0.180 e. The number of morpholine rings is 1. The van der Waals surface area contributed by atoms with Crippen LogP contribution in [-0.4, -0.2) is 56.1 Å². The molecular formula is C14H22N6O. The Morgan fingerprint density at radius 1 is 1.43 bits per heavy atom. The third-order valence-electron chi connectivity index (χ3n) is 3.68. The first-order valence-electron chi connectivity index (χ1n) is 7.57. The molecule has 0 aromatic carbocycles. The molecule has 7 heteroatoms. The topological polar surface area (TPSA) is 71.9 Å². The molecule has 7 nitrogen and oxygen atoms in total. The number of ether oxygens (including phenoxy) is 1. The van der Waals surface area contributed by atoms with Gasteiger partial charge in [0, 0.05) is 38.4 Å². The van der Waals surface area contributed by atoms with Crippen molar-refractivity contribution in [3.05, 3.63) is 30.1 Å². The average molecular weight is 290 g/mol. The fourth-order valence-corrected chi connectivity index (χ4v) is 2.54. The van der Waals surface area contributed by atoms with Gasteiger partial charge in [-0.15, -0.1) is 0 Å². The Morgan fingerprint density at radius 3 is 3.19 bits per heavy atom. The van der Waals surface area contributed by atoms with Gasteiger partial charge in [-0.05, 0) is 12.5 Å². The highest BCUT2D eigenvalue weighted by Crippen LogP contribution is 2.19. The zero-order valence-corrected chi connectivity index (χ0v) is 12.4. The molecular weight excluding hydrogens is 268 g/mol. The van der Waals surface area contributed by atoms with Gasteiger partial charge in [0.05, 0.1) is 13.2 Å². The van der Waals surface area contributed by atoms with Crippen LogP contribution < -0.4 is 0 Å². The molecule has 114 valence electrons. The molecule has 1 aliphatic rings. The Hall–Kier alpha value is -1.73. The van der Waals surface area contributed by atoms with Gasteiger partial charge >= 0.3 is 0 Å². The minimum atomic E-state index is -0.0294. The minimum Gasteiger partial charge on any atom is -0.367 e. The van der Waals surface area contributed by atoms with E-state index in [1.54, 1.807) is 0 Å². The van der Waals surface area contributed by atoms with Crippen molar-refractivity contribution in [1.82, 2.24) is 29.9 Å². The van der Waals surface area contributed by atoms with E-state index >= 15 is 0 Å². The Balaban J connectivity index is 1.54. The summed E-state index contributed by atoms with van der Waals surface area (Å²) in [5.41, 5.74) is 0. The van der Waals surface area contributed by atoms with Crippen molar-refractivity contribution in [3.63, 3.8) is 0 Å². The summed E-state index contributed by atoms with van der Waals surface area (Å²) in [4.78, 5) is 6.91. The number of hydrogen-bond donors (Lipinski definition) is 1. The maximum Gasteiger partial charge on any atom is 0.180 e. The van der Waals surface area contributed by atoms with Gasteiger partial charge in [0.1, 0.15) is 11.9 Å². The van der Waals surface area contributed by atoms with E-state index in [4.69, 9.17) is 4.74 Å². The predicted octanol–water partition coefficient (Wildman–Crippen LogP) is 1.03. The van der Waals surface area contributed by atoms with Gasteiger partial charge in [-0.1, -0.05) is 6.92 Å². The third kappa shape index (κ3) is 3.68. The van der Waals surface area contributed by atoms with E-state index in [1.807, 2.05) is 23.1 Å². The maximum absolute atomic E-state index is 5.81. The quantitative estimate of drug-likeness (QED) is 0.860. The average Bonchev–Trinajstić information content (AvgIpc) is 3.17. The molecule has 21 heavy (non-hydrogen) atoms. The largest absolute Gasteiger partial charge is 0.367 e. The van der Waals surface area contributed by atoms with Crippen LogP contribution in [0, 0.1) is 0 Å². The van der Waals surface area contributed by atoms with Crippen LogP contribution in [0.3, 0.4) is 0 Å². The summed E-state index contributed by atoms with van der Waals surface area (Å²) in [6, 6.07) is 1.95. The van der Waals surface area contributed by atoms with E-state index in [0.717, 1.165) is 57.3 Å². The van der Waals surface area contributed by atoms with Crippen LogP contribution in [0.5, 0.6) is 0 Å². The summed E-state index contributed by atoms with van der Waals surface area (Å²) >= 11 is 0. The van der Waals surface area contributed by atoms with Gasteiger partial charge in [0.2, 0.25) is 0 Å². The summed E-state index contributed by atoms with van der Waals surface area (Å²) in [6.45, 7) is 6.51. The summed E-state index contributed by atoms with van der Waals surface area (Å²) in [7, 11) is 0. The molecule has 1 N–H and O–H groups in total. The zero-order chi connectivity index (χ0) is 14.5. The standard InChI is InChI=1S/C14H22N6O/c1-2-4-13-16-14(18-17-13)12-11-19(9-10-21-12)7-8-20-6-3-5-15-20/h3,5-6,12H,2,4,7-11H2,1H3,(H,16,17,18)/t12-/m0/s1. The van der Waals surface area contributed by atoms with Crippen LogP contribution in [0.2, 0.25) is 0 Å².